The zero-order chi connectivity index (χ0) is 15.2. The van der Waals surface area contributed by atoms with E-state index in [2.05, 4.69) is 25.6 Å². The van der Waals surface area contributed by atoms with Crippen molar-refractivity contribution in [3.8, 4) is 11.8 Å². The zero-order valence-electron chi connectivity index (χ0n) is 10.4. The van der Waals surface area contributed by atoms with Crippen molar-refractivity contribution < 1.29 is 18.3 Å². The molecule has 3 N–H and O–H groups in total. The lowest BCUT2D eigenvalue weighted by atomic mass is 10.2. The third kappa shape index (κ3) is 3.90. The third-order valence-electron chi connectivity index (χ3n) is 2.33. The van der Waals surface area contributed by atoms with Crippen LogP contribution >= 0.6 is 0 Å². The van der Waals surface area contributed by atoms with Gasteiger partial charge in [0.15, 0.2) is 0 Å². The van der Waals surface area contributed by atoms with E-state index in [4.69, 9.17) is 5.26 Å². The molecule has 7 nitrogen and oxygen atoms in total. The fraction of sp³-hybridized carbons (Fsp3) is 0.0833. The van der Waals surface area contributed by atoms with E-state index in [0.717, 1.165) is 0 Å². The fourth-order valence-corrected chi connectivity index (χ4v) is 1.50. The Bertz CT molecular complexity index is 667. The quantitative estimate of drug-likeness (QED) is 0.805. The number of halogens is 2. The van der Waals surface area contributed by atoms with E-state index in [1.807, 2.05) is 6.07 Å². The van der Waals surface area contributed by atoms with E-state index in [1.54, 1.807) is 0 Å². The van der Waals surface area contributed by atoms with Gasteiger partial charge in [-0.2, -0.15) is 19.1 Å². The van der Waals surface area contributed by atoms with Crippen LogP contribution in [0, 0.1) is 11.3 Å². The largest absolute Gasteiger partial charge is 0.433 e. The molecule has 2 amide bonds. The first kappa shape index (κ1) is 14.3. The fourth-order valence-electron chi connectivity index (χ4n) is 1.50. The van der Waals surface area contributed by atoms with Gasteiger partial charge in [0.25, 0.3) is 0 Å². The molecule has 0 fully saturated rings. The smallest absolute Gasteiger partial charge is 0.387 e. The van der Waals surface area contributed by atoms with Crippen molar-refractivity contribution >= 4 is 17.4 Å². The number of urea groups is 1. The van der Waals surface area contributed by atoms with Gasteiger partial charge in [0.2, 0.25) is 0 Å². The maximum Gasteiger partial charge on any atom is 0.387 e. The number of anilines is 2. The molecule has 21 heavy (non-hydrogen) atoms. The number of rotatable bonds is 4. The first-order chi connectivity index (χ1) is 10.1. The van der Waals surface area contributed by atoms with Gasteiger partial charge in [0, 0.05) is 6.20 Å². The Morgan fingerprint density at radius 3 is 2.86 bits per heavy atom. The summed E-state index contributed by atoms with van der Waals surface area (Å²) in [7, 11) is 0. The highest BCUT2D eigenvalue weighted by Gasteiger charge is 2.13. The average Bonchev–Trinajstić information content (AvgIpc) is 2.93. The summed E-state index contributed by atoms with van der Waals surface area (Å²) < 4.78 is 28.9. The number of H-pyrrole nitrogens is 1. The van der Waals surface area contributed by atoms with Gasteiger partial charge in [-0.1, -0.05) is 0 Å². The summed E-state index contributed by atoms with van der Waals surface area (Å²) in [4.78, 5) is 11.7. The molecule has 0 aliphatic heterocycles. The third-order valence-corrected chi connectivity index (χ3v) is 2.33. The van der Waals surface area contributed by atoms with E-state index < -0.39 is 12.6 Å². The molecule has 108 valence electrons. The molecular formula is C12H9F2N5O2. The highest BCUT2D eigenvalue weighted by Crippen LogP contribution is 2.27. The lowest BCUT2D eigenvalue weighted by molar-refractivity contribution is -0.0493. The monoisotopic (exact) mass is 293 g/mol. The molecule has 0 unspecified atom stereocenters. The van der Waals surface area contributed by atoms with Crippen molar-refractivity contribution in [1.29, 1.82) is 5.26 Å². The number of ether oxygens (including phenoxy) is 1. The predicted octanol–water partition coefficient (Wildman–Crippen LogP) is 2.53. The second-order valence-corrected chi connectivity index (χ2v) is 3.77. The molecule has 2 aromatic rings. The summed E-state index contributed by atoms with van der Waals surface area (Å²) in [6, 6.07) is 4.86. The molecule has 0 aliphatic carbocycles. The number of hydrogen-bond acceptors (Lipinski definition) is 4. The summed E-state index contributed by atoms with van der Waals surface area (Å²) >= 11 is 0. The SMILES string of the molecule is N#Cc1ccc(OC(F)F)c(NC(=O)Nc2cn[nH]c2)c1. The standard InChI is InChI=1S/C12H9F2N5O2/c13-11(14)21-10-2-1-7(4-15)3-9(10)19-12(20)18-8-5-16-17-6-8/h1-3,5-6,11H,(H,16,17)(H2,18,19,20). The maximum absolute atomic E-state index is 12.3. The molecule has 0 saturated carbocycles. The van der Waals surface area contributed by atoms with Gasteiger partial charge in [-0.15, -0.1) is 0 Å². The van der Waals surface area contributed by atoms with Crippen molar-refractivity contribution in [3.63, 3.8) is 0 Å². The van der Waals surface area contributed by atoms with E-state index in [1.165, 1.54) is 30.6 Å². The van der Waals surface area contributed by atoms with Crippen LogP contribution in [0.25, 0.3) is 0 Å². The second kappa shape index (κ2) is 6.33. The predicted molar refractivity (Wildman–Crippen MR) is 69.0 cm³/mol. The highest BCUT2D eigenvalue weighted by molar-refractivity contribution is 6.00. The number of alkyl halides is 2. The van der Waals surface area contributed by atoms with Gasteiger partial charge in [-0.25, -0.2) is 4.79 Å². The average molecular weight is 293 g/mol. The normalized spacial score (nSPS) is 10.0. The number of hydrogen-bond donors (Lipinski definition) is 3. The highest BCUT2D eigenvalue weighted by atomic mass is 19.3. The van der Waals surface area contributed by atoms with Crippen molar-refractivity contribution in [2.75, 3.05) is 10.6 Å². The Labute approximate surface area is 117 Å². The number of carbonyl (C=O) groups excluding carboxylic acids is 1. The molecule has 1 aromatic carbocycles. The topological polar surface area (TPSA) is 103 Å². The molecule has 1 heterocycles. The summed E-state index contributed by atoms with van der Waals surface area (Å²) in [5.74, 6) is -0.244. The molecule has 0 atom stereocenters. The molecule has 0 spiro atoms. The Balaban J connectivity index is 2.16. The second-order valence-electron chi connectivity index (χ2n) is 3.77. The molecule has 2 rings (SSSR count). The first-order valence-electron chi connectivity index (χ1n) is 5.64. The first-order valence-corrected chi connectivity index (χ1v) is 5.64. The van der Waals surface area contributed by atoms with Crippen LogP contribution in [0.4, 0.5) is 25.0 Å². The Hall–Kier alpha value is -3.15. The lowest BCUT2D eigenvalue weighted by Crippen LogP contribution is -2.20. The van der Waals surface area contributed by atoms with Crippen LogP contribution < -0.4 is 15.4 Å². The summed E-state index contributed by atoms with van der Waals surface area (Å²) in [5.41, 5.74) is 0.533. The number of nitriles is 1. The maximum atomic E-state index is 12.3. The van der Waals surface area contributed by atoms with Crippen LogP contribution in [-0.2, 0) is 0 Å². The molecule has 9 heteroatoms. The van der Waals surface area contributed by atoms with Crippen molar-refractivity contribution in [3.05, 3.63) is 36.2 Å². The van der Waals surface area contributed by atoms with Gasteiger partial charge in [-0.3, -0.25) is 5.10 Å². The van der Waals surface area contributed by atoms with Crippen LogP contribution in [0.2, 0.25) is 0 Å². The number of aromatic amines is 1. The van der Waals surface area contributed by atoms with Gasteiger partial charge in [-0.05, 0) is 18.2 Å². The van der Waals surface area contributed by atoms with E-state index in [9.17, 15) is 13.6 Å². The summed E-state index contributed by atoms with van der Waals surface area (Å²) in [6.45, 7) is -3.05. The van der Waals surface area contributed by atoms with Gasteiger partial charge < -0.3 is 15.4 Å². The van der Waals surface area contributed by atoms with E-state index >= 15 is 0 Å². The molecular weight excluding hydrogens is 284 g/mol. The van der Waals surface area contributed by atoms with Crippen LogP contribution in [0.1, 0.15) is 5.56 Å². The molecule has 0 aliphatic rings. The van der Waals surface area contributed by atoms with Crippen molar-refractivity contribution in [2.45, 2.75) is 6.61 Å². The van der Waals surface area contributed by atoms with Crippen molar-refractivity contribution in [1.82, 2.24) is 10.2 Å². The number of nitrogens with zero attached hydrogens (tertiary/aromatic N) is 2. The van der Waals surface area contributed by atoms with E-state index in [-0.39, 0.29) is 17.0 Å². The Kier molecular flexibility index (Phi) is 4.30. The minimum Gasteiger partial charge on any atom is -0.433 e. The summed E-state index contributed by atoms with van der Waals surface area (Å²) in [6.07, 6.45) is 2.80. The van der Waals surface area contributed by atoms with Gasteiger partial charge >= 0.3 is 12.6 Å². The number of nitrogens with one attached hydrogen (secondary N) is 3. The minimum absolute atomic E-state index is 0.0460. The minimum atomic E-state index is -3.05. The van der Waals surface area contributed by atoms with Crippen LogP contribution in [-0.4, -0.2) is 22.8 Å². The zero-order valence-corrected chi connectivity index (χ0v) is 10.4. The number of aromatic nitrogens is 2. The molecule has 0 bridgehead atoms. The van der Waals surface area contributed by atoms with Crippen LogP contribution in [0.5, 0.6) is 5.75 Å². The Morgan fingerprint density at radius 1 is 1.43 bits per heavy atom. The molecule has 0 saturated heterocycles. The van der Waals surface area contributed by atoms with E-state index in [0.29, 0.717) is 5.69 Å². The number of carbonyl (C=O) groups is 1. The van der Waals surface area contributed by atoms with Crippen molar-refractivity contribution in [2.24, 2.45) is 0 Å². The van der Waals surface area contributed by atoms with Crippen LogP contribution in [0.3, 0.4) is 0 Å². The number of benzene rings is 1. The number of amides is 2. The van der Waals surface area contributed by atoms with Gasteiger partial charge in [0.05, 0.1) is 29.2 Å². The summed E-state index contributed by atoms with van der Waals surface area (Å²) in [5, 5.41) is 19.7. The lowest BCUT2D eigenvalue weighted by Gasteiger charge is -2.12. The molecule has 1 aromatic heterocycles. The molecule has 0 radical (unpaired) electrons. The van der Waals surface area contributed by atoms with Crippen LogP contribution in [0.15, 0.2) is 30.6 Å². The Morgan fingerprint density at radius 2 is 2.24 bits per heavy atom. The van der Waals surface area contributed by atoms with Gasteiger partial charge in [0.1, 0.15) is 5.75 Å².